The smallest absolute Gasteiger partial charge is 0.223 e. The quantitative estimate of drug-likeness (QED) is 0.727. The Labute approximate surface area is 163 Å². The van der Waals surface area contributed by atoms with Crippen molar-refractivity contribution in [3.8, 4) is 0 Å². The largest absolute Gasteiger partial charge is 0.343 e. The second kappa shape index (κ2) is 8.90. The predicted molar refractivity (Wildman–Crippen MR) is 108 cm³/mol. The van der Waals surface area contributed by atoms with Gasteiger partial charge in [0.1, 0.15) is 0 Å². The van der Waals surface area contributed by atoms with Gasteiger partial charge >= 0.3 is 0 Å². The van der Waals surface area contributed by atoms with E-state index >= 15 is 0 Å². The summed E-state index contributed by atoms with van der Waals surface area (Å²) >= 11 is 0. The molecule has 2 fully saturated rings. The van der Waals surface area contributed by atoms with Crippen LogP contribution in [0.3, 0.4) is 0 Å². The molecule has 148 valence electrons. The van der Waals surface area contributed by atoms with Gasteiger partial charge in [-0.1, -0.05) is 38.1 Å². The lowest BCUT2D eigenvalue weighted by Gasteiger charge is -2.31. The van der Waals surface area contributed by atoms with Crippen molar-refractivity contribution in [3.63, 3.8) is 0 Å². The number of amides is 2. The Morgan fingerprint density at radius 1 is 1.04 bits per heavy atom. The van der Waals surface area contributed by atoms with Crippen LogP contribution in [0.4, 0.5) is 0 Å². The van der Waals surface area contributed by atoms with Gasteiger partial charge in [0.15, 0.2) is 0 Å². The highest BCUT2D eigenvalue weighted by atomic mass is 16.2. The molecule has 0 bridgehead atoms. The van der Waals surface area contributed by atoms with Gasteiger partial charge in [0.25, 0.3) is 0 Å². The van der Waals surface area contributed by atoms with Crippen LogP contribution in [0.2, 0.25) is 0 Å². The van der Waals surface area contributed by atoms with E-state index in [0.29, 0.717) is 30.2 Å². The van der Waals surface area contributed by atoms with E-state index in [-0.39, 0.29) is 5.91 Å². The van der Waals surface area contributed by atoms with Crippen molar-refractivity contribution in [2.75, 3.05) is 13.1 Å². The van der Waals surface area contributed by atoms with Crippen molar-refractivity contribution in [3.05, 3.63) is 35.4 Å². The lowest BCUT2D eigenvalue weighted by atomic mass is 9.90. The number of nitrogens with zero attached hydrogens (tertiary/aromatic N) is 2. The van der Waals surface area contributed by atoms with Crippen LogP contribution in [0.1, 0.15) is 64.0 Å². The SMILES string of the molecule is CC(=O)N1CCC(Cc2ccc(CN(C(=O)CC(C)C)C3CC3)cc2)CC1. The van der Waals surface area contributed by atoms with Crippen LogP contribution in [0.25, 0.3) is 0 Å². The highest BCUT2D eigenvalue weighted by Gasteiger charge is 2.32. The molecule has 0 N–H and O–H groups in total. The number of rotatable bonds is 7. The summed E-state index contributed by atoms with van der Waals surface area (Å²) in [5.74, 6) is 1.58. The van der Waals surface area contributed by atoms with E-state index in [1.54, 1.807) is 6.92 Å². The minimum Gasteiger partial charge on any atom is -0.343 e. The molecule has 3 rings (SSSR count). The molecule has 0 unspecified atom stereocenters. The number of hydrogen-bond acceptors (Lipinski definition) is 2. The Balaban J connectivity index is 1.52. The van der Waals surface area contributed by atoms with Gasteiger partial charge in [0.05, 0.1) is 0 Å². The van der Waals surface area contributed by atoms with Crippen LogP contribution in [-0.2, 0) is 22.6 Å². The molecule has 1 heterocycles. The first kappa shape index (κ1) is 19.9. The van der Waals surface area contributed by atoms with Gasteiger partial charge in [0, 0.05) is 39.0 Å². The van der Waals surface area contributed by atoms with Crippen molar-refractivity contribution in [1.82, 2.24) is 9.80 Å². The average molecular weight is 371 g/mol. The highest BCUT2D eigenvalue weighted by molar-refractivity contribution is 5.77. The number of likely N-dealkylation sites (tertiary alicyclic amines) is 1. The number of hydrogen-bond donors (Lipinski definition) is 0. The Kier molecular flexibility index (Phi) is 6.56. The van der Waals surface area contributed by atoms with E-state index in [2.05, 4.69) is 43.0 Å². The van der Waals surface area contributed by atoms with E-state index in [0.717, 1.165) is 51.7 Å². The van der Waals surface area contributed by atoms with Crippen LogP contribution >= 0.6 is 0 Å². The maximum Gasteiger partial charge on any atom is 0.223 e. The predicted octanol–water partition coefficient (Wildman–Crippen LogP) is 4.02. The van der Waals surface area contributed by atoms with Crippen LogP contribution < -0.4 is 0 Å². The molecule has 0 spiro atoms. The Bertz CT molecular complexity index is 641. The summed E-state index contributed by atoms with van der Waals surface area (Å²) < 4.78 is 0. The van der Waals surface area contributed by atoms with Crippen molar-refractivity contribution in [2.24, 2.45) is 11.8 Å². The van der Waals surface area contributed by atoms with Gasteiger partial charge in [0.2, 0.25) is 11.8 Å². The molecule has 1 aromatic rings. The van der Waals surface area contributed by atoms with Gasteiger partial charge in [-0.05, 0) is 55.1 Å². The second-order valence-electron chi connectivity index (χ2n) is 8.82. The monoisotopic (exact) mass is 370 g/mol. The topological polar surface area (TPSA) is 40.6 Å². The van der Waals surface area contributed by atoms with Crippen LogP contribution in [0, 0.1) is 11.8 Å². The fourth-order valence-corrected chi connectivity index (χ4v) is 4.04. The van der Waals surface area contributed by atoms with Crippen molar-refractivity contribution >= 4 is 11.8 Å². The molecule has 0 radical (unpaired) electrons. The molecule has 1 aliphatic heterocycles. The van der Waals surface area contributed by atoms with Gasteiger partial charge < -0.3 is 9.80 Å². The molecular weight excluding hydrogens is 336 g/mol. The Morgan fingerprint density at radius 2 is 1.63 bits per heavy atom. The summed E-state index contributed by atoms with van der Waals surface area (Å²) in [6, 6.07) is 9.30. The molecule has 1 saturated heterocycles. The molecule has 1 aromatic carbocycles. The highest BCUT2D eigenvalue weighted by Crippen LogP contribution is 2.30. The first-order chi connectivity index (χ1) is 12.9. The molecule has 0 aromatic heterocycles. The minimum atomic E-state index is 0.199. The maximum absolute atomic E-state index is 12.5. The molecule has 4 nitrogen and oxygen atoms in total. The molecular formula is C23H34N2O2. The number of carbonyl (C=O) groups is 2. The second-order valence-corrected chi connectivity index (χ2v) is 8.82. The van der Waals surface area contributed by atoms with Gasteiger partial charge in [-0.3, -0.25) is 9.59 Å². The Hall–Kier alpha value is -1.84. The van der Waals surface area contributed by atoms with Gasteiger partial charge in [-0.15, -0.1) is 0 Å². The first-order valence-electron chi connectivity index (χ1n) is 10.5. The van der Waals surface area contributed by atoms with E-state index in [1.807, 2.05) is 4.90 Å². The third kappa shape index (κ3) is 5.82. The third-order valence-corrected chi connectivity index (χ3v) is 5.85. The fraction of sp³-hybridized carbons (Fsp3) is 0.652. The molecule has 2 amide bonds. The molecule has 2 aliphatic rings. The van der Waals surface area contributed by atoms with Crippen LogP contribution in [0.5, 0.6) is 0 Å². The standard InChI is InChI=1S/C23H34N2O2/c1-17(2)14-23(27)25(22-8-9-22)16-21-6-4-19(5-7-21)15-20-10-12-24(13-11-20)18(3)26/h4-7,17,20,22H,8-16H2,1-3H3. The fourth-order valence-electron chi connectivity index (χ4n) is 4.04. The Morgan fingerprint density at radius 3 is 2.15 bits per heavy atom. The summed E-state index contributed by atoms with van der Waals surface area (Å²) in [7, 11) is 0. The normalized spacial score (nSPS) is 18.0. The van der Waals surface area contributed by atoms with E-state index in [1.165, 1.54) is 11.1 Å². The summed E-state index contributed by atoms with van der Waals surface area (Å²) in [4.78, 5) is 28.0. The zero-order valence-electron chi connectivity index (χ0n) is 17.1. The maximum atomic E-state index is 12.5. The van der Waals surface area contributed by atoms with Crippen molar-refractivity contribution in [2.45, 2.75) is 71.9 Å². The van der Waals surface area contributed by atoms with Crippen LogP contribution in [0.15, 0.2) is 24.3 Å². The summed E-state index contributed by atoms with van der Waals surface area (Å²) in [6.45, 7) is 8.42. The lowest BCUT2D eigenvalue weighted by Crippen LogP contribution is -2.37. The third-order valence-electron chi connectivity index (χ3n) is 5.85. The lowest BCUT2D eigenvalue weighted by molar-refractivity contribution is -0.133. The molecule has 0 atom stereocenters. The van der Waals surface area contributed by atoms with Gasteiger partial charge in [-0.25, -0.2) is 0 Å². The summed E-state index contributed by atoms with van der Waals surface area (Å²) in [6.07, 6.45) is 6.24. The van der Waals surface area contributed by atoms with E-state index in [4.69, 9.17) is 0 Å². The number of carbonyl (C=O) groups excluding carboxylic acids is 2. The zero-order valence-corrected chi connectivity index (χ0v) is 17.1. The molecule has 27 heavy (non-hydrogen) atoms. The number of benzene rings is 1. The van der Waals surface area contributed by atoms with Gasteiger partial charge in [-0.2, -0.15) is 0 Å². The van der Waals surface area contributed by atoms with Crippen molar-refractivity contribution < 1.29 is 9.59 Å². The summed E-state index contributed by atoms with van der Waals surface area (Å²) in [5.41, 5.74) is 2.60. The minimum absolute atomic E-state index is 0.199. The van der Waals surface area contributed by atoms with E-state index in [9.17, 15) is 9.59 Å². The van der Waals surface area contributed by atoms with Crippen molar-refractivity contribution in [1.29, 1.82) is 0 Å². The first-order valence-corrected chi connectivity index (χ1v) is 10.5. The zero-order chi connectivity index (χ0) is 19.4. The summed E-state index contributed by atoms with van der Waals surface area (Å²) in [5, 5.41) is 0. The molecule has 1 aliphatic carbocycles. The molecule has 1 saturated carbocycles. The molecule has 4 heteroatoms. The number of piperidine rings is 1. The van der Waals surface area contributed by atoms with Crippen LogP contribution in [-0.4, -0.2) is 40.7 Å². The average Bonchev–Trinajstić information content (AvgIpc) is 3.46. The van der Waals surface area contributed by atoms with E-state index < -0.39 is 0 Å².